The van der Waals surface area contributed by atoms with E-state index >= 15 is 0 Å². The highest BCUT2D eigenvalue weighted by atomic mass is 16.5. The molecule has 0 aromatic heterocycles. The first-order valence-corrected chi connectivity index (χ1v) is 7.96. The van der Waals surface area contributed by atoms with Crippen molar-refractivity contribution in [3.63, 3.8) is 0 Å². The van der Waals surface area contributed by atoms with Crippen molar-refractivity contribution in [3.05, 3.63) is 0 Å². The van der Waals surface area contributed by atoms with E-state index in [2.05, 4.69) is 15.2 Å². The molecule has 1 amide bonds. The molecule has 1 aliphatic rings. The number of nitrogens with zero attached hydrogens (tertiary/aromatic N) is 2. The van der Waals surface area contributed by atoms with Crippen molar-refractivity contribution in [1.29, 1.82) is 0 Å². The first-order valence-electron chi connectivity index (χ1n) is 7.96. The molecule has 22 heavy (non-hydrogen) atoms. The van der Waals surface area contributed by atoms with Gasteiger partial charge in [0.05, 0.1) is 6.61 Å². The summed E-state index contributed by atoms with van der Waals surface area (Å²) < 4.78 is 4.89. The number of piperidine rings is 1. The van der Waals surface area contributed by atoms with Gasteiger partial charge in [0.15, 0.2) is 5.96 Å². The van der Waals surface area contributed by atoms with Gasteiger partial charge in [0, 0.05) is 39.5 Å². The van der Waals surface area contributed by atoms with Gasteiger partial charge in [-0.1, -0.05) is 0 Å². The Morgan fingerprint density at radius 3 is 2.86 bits per heavy atom. The summed E-state index contributed by atoms with van der Waals surface area (Å²) in [6.07, 6.45) is 3.59. The maximum absolute atomic E-state index is 11.3. The van der Waals surface area contributed by atoms with Crippen LogP contribution in [0.3, 0.4) is 0 Å². The number of amides is 1. The molecule has 1 saturated heterocycles. The van der Waals surface area contributed by atoms with Crippen molar-refractivity contribution in [2.45, 2.75) is 39.0 Å². The van der Waals surface area contributed by atoms with Gasteiger partial charge in [0.2, 0.25) is 5.91 Å². The number of hydrogen-bond acceptors (Lipinski definition) is 4. The molecule has 3 N–H and O–H groups in total. The van der Waals surface area contributed by atoms with E-state index in [0.29, 0.717) is 38.3 Å². The van der Waals surface area contributed by atoms with Gasteiger partial charge >= 0.3 is 5.97 Å². The van der Waals surface area contributed by atoms with E-state index in [1.807, 2.05) is 0 Å². The highest BCUT2D eigenvalue weighted by Crippen LogP contribution is 2.19. The number of esters is 1. The van der Waals surface area contributed by atoms with Gasteiger partial charge in [-0.3, -0.25) is 14.6 Å². The average Bonchev–Trinajstić information content (AvgIpc) is 2.47. The Morgan fingerprint density at radius 2 is 2.23 bits per heavy atom. The number of likely N-dealkylation sites (tertiary alicyclic amines) is 1. The van der Waals surface area contributed by atoms with Gasteiger partial charge in [-0.25, -0.2) is 0 Å². The first kappa shape index (κ1) is 18.3. The fourth-order valence-corrected chi connectivity index (χ4v) is 2.71. The van der Waals surface area contributed by atoms with Crippen LogP contribution in [-0.4, -0.2) is 56.0 Å². The summed E-state index contributed by atoms with van der Waals surface area (Å²) in [4.78, 5) is 28.8. The molecule has 0 bridgehead atoms. The third kappa shape index (κ3) is 6.78. The number of hydrogen-bond donors (Lipinski definition) is 2. The number of carbonyl (C=O) groups excluding carboxylic acids is 2. The fraction of sp³-hybridized carbons (Fsp3) is 0.800. The number of carbonyl (C=O) groups is 2. The minimum atomic E-state index is -0.246. The summed E-state index contributed by atoms with van der Waals surface area (Å²) in [5.41, 5.74) is 5.28. The molecule has 7 heteroatoms. The number of primary amides is 1. The van der Waals surface area contributed by atoms with E-state index in [9.17, 15) is 9.59 Å². The maximum Gasteiger partial charge on any atom is 0.305 e. The van der Waals surface area contributed by atoms with Crippen LogP contribution in [0.2, 0.25) is 0 Å². The molecule has 0 saturated carbocycles. The minimum absolute atomic E-state index is 0.168. The number of ether oxygens (including phenoxy) is 1. The monoisotopic (exact) mass is 312 g/mol. The lowest BCUT2D eigenvalue weighted by Gasteiger charge is -2.34. The van der Waals surface area contributed by atoms with Crippen molar-refractivity contribution < 1.29 is 14.3 Å². The SMILES string of the molecule is CCOC(=O)CCCNC(=NC)N1CCCC(CC(N)=O)C1. The third-order valence-corrected chi connectivity index (χ3v) is 3.67. The van der Waals surface area contributed by atoms with Crippen molar-refractivity contribution in [3.8, 4) is 0 Å². The van der Waals surface area contributed by atoms with Gasteiger partial charge in [0.1, 0.15) is 0 Å². The van der Waals surface area contributed by atoms with Gasteiger partial charge in [0.25, 0.3) is 0 Å². The molecule has 126 valence electrons. The standard InChI is InChI=1S/C15H28N4O3/c1-3-22-14(21)7-4-8-18-15(17-2)19-9-5-6-12(11-19)10-13(16)20/h12H,3-11H2,1-2H3,(H2,16,20)(H,17,18). The molecule has 1 heterocycles. The summed E-state index contributed by atoms with van der Waals surface area (Å²) in [6.45, 7) is 4.61. The Kier molecular flexibility index (Phi) is 8.32. The molecule has 0 aromatic carbocycles. The molecular weight excluding hydrogens is 284 g/mol. The second kappa shape index (κ2) is 10.0. The molecule has 0 spiro atoms. The molecule has 1 aliphatic heterocycles. The zero-order chi connectivity index (χ0) is 16.4. The summed E-state index contributed by atoms with van der Waals surface area (Å²) in [5.74, 6) is 0.699. The summed E-state index contributed by atoms with van der Waals surface area (Å²) in [7, 11) is 1.74. The maximum atomic E-state index is 11.3. The van der Waals surface area contributed by atoms with Crippen LogP contribution in [0, 0.1) is 5.92 Å². The van der Waals surface area contributed by atoms with Gasteiger partial charge in [-0.05, 0) is 32.1 Å². The lowest BCUT2D eigenvalue weighted by Crippen LogP contribution is -2.47. The quantitative estimate of drug-likeness (QED) is 0.309. The molecule has 1 unspecified atom stereocenters. The number of nitrogens with two attached hydrogens (primary N) is 1. The van der Waals surface area contributed by atoms with Crippen LogP contribution >= 0.6 is 0 Å². The average molecular weight is 312 g/mol. The van der Waals surface area contributed by atoms with Gasteiger partial charge < -0.3 is 20.7 Å². The molecule has 0 radical (unpaired) electrons. The zero-order valence-corrected chi connectivity index (χ0v) is 13.6. The van der Waals surface area contributed by atoms with Crippen LogP contribution in [0.4, 0.5) is 0 Å². The smallest absolute Gasteiger partial charge is 0.305 e. The van der Waals surface area contributed by atoms with Crippen molar-refractivity contribution in [2.24, 2.45) is 16.6 Å². The van der Waals surface area contributed by atoms with Crippen LogP contribution in [0.25, 0.3) is 0 Å². The number of rotatable bonds is 7. The van der Waals surface area contributed by atoms with E-state index < -0.39 is 0 Å². The van der Waals surface area contributed by atoms with E-state index in [-0.39, 0.29) is 11.9 Å². The lowest BCUT2D eigenvalue weighted by molar-refractivity contribution is -0.143. The predicted molar refractivity (Wildman–Crippen MR) is 85.3 cm³/mol. The Hall–Kier alpha value is -1.79. The first-order chi connectivity index (χ1) is 10.6. The molecule has 1 rings (SSSR count). The third-order valence-electron chi connectivity index (χ3n) is 3.67. The van der Waals surface area contributed by atoms with Gasteiger partial charge in [-0.15, -0.1) is 0 Å². The highest BCUT2D eigenvalue weighted by Gasteiger charge is 2.23. The van der Waals surface area contributed by atoms with Crippen molar-refractivity contribution in [1.82, 2.24) is 10.2 Å². The van der Waals surface area contributed by atoms with Crippen LogP contribution in [0.5, 0.6) is 0 Å². The van der Waals surface area contributed by atoms with Crippen LogP contribution in [-0.2, 0) is 14.3 Å². The molecule has 1 atom stereocenters. The van der Waals surface area contributed by atoms with Crippen molar-refractivity contribution >= 4 is 17.8 Å². The molecule has 0 aliphatic carbocycles. The number of nitrogens with one attached hydrogen (secondary N) is 1. The topological polar surface area (TPSA) is 97.0 Å². The Balaban J connectivity index is 2.34. The largest absolute Gasteiger partial charge is 0.466 e. The normalized spacial score (nSPS) is 18.9. The van der Waals surface area contributed by atoms with E-state index in [4.69, 9.17) is 10.5 Å². The summed E-state index contributed by atoms with van der Waals surface area (Å²) in [6, 6.07) is 0. The van der Waals surface area contributed by atoms with E-state index in [0.717, 1.165) is 31.9 Å². The van der Waals surface area contributed by atoms with Crippen LogP contribution < -0.4 is 11.1 Å². The lowest BCUT2D eigenvalue weighted by atomic mass is 9.95. The van der Waals surface area contributed by atoms with Gasteiger partial charge in [-0.2, -0.15) is 0 Å². The van der Waals surface area contributed by atoms with E-state index in [1.54, 1.807) is 14.0 Å². The summed E-state index contributed by atoms with van der Waals surface area (Å²) >= 11 is 0. The second-order valence-corrected chi connectivity index (χ2v) is 5.51. The Morgan fingerprint density at radius 1 is 1.45 bits per heavy atom. The predicted octanol–water partition coefficient (Wildman–Crippen LogP) is 0.493. The highest BCUT2D eigenvalue weighted by molar-refractivity contribution is 5.80. The molecule has 1 fully saturated rings. The van der Waals surface area contributed by atoms with E-state index in [1.165, 1.54) is 0 Å². The Bertz CT molecular complexity index is 398. The Labute approximate surface area is 132 Å². The molecule has 0 aromatic rings. The number of guanidine groups is 1. The van der Waals surface area contributed by atoms with Crippen molar-refractivity contribution in [2.75, 3.05) is 33.3 Å². The number of aliphatic imine (C=N–C) groups is 1. The second-order valence-electron chi connectivity index (χ2n) is 5.51. The fourth-order valence-electron chi connectivity index (χ4n) is 2.71. The van der Waals surface area contributed by atoms with Crippen LogP contribution in [0.1, 0.15) is 39.0 Å². The summed E-state index contributed by atoms with van der Waals surface area (Å²) in [5, 5.41) is 3.26. The zero-order valence-electron chi connectivity index (χ0n) is 13.6. The van der Waals surface area contributed by atoms with Crippen LogP contribution in [0.15, 0.2) is 4.99 Å². The molecule has 7 nitrogen and oxygen atoms in total. The molecular formula is C15H28N4O3. The minimum Gasteiger partial charge on any atom is -0.466 e.